The molecule has 1 fully saturated rings. The molecule has 1 aliphatic rings. The number of benzene rings is 2. The van der Waals surface area contributed by atoms with Crippen LogP contribution in [0.3, 0.4) is 0 Å². The number of carbonyl (C=O) groups is 2. The summed E-state index contributed by atoms with van der Waals surface area (Å²) in [6.07, 6.45) is 0.255. The van der Waals surface area contributed by atoms with Gasteiger partial charge in [-0.1, -0.05) is 38.1 Å². The predicted molar refractivity (Wildman–Crippen MR) is 103 cm³/mol. The van der Waals surface area contributed by atoms with Crippen LogP contribution in [-0.4, -0.2) is 47.8 Å². The number of amides is 2. The molecule has 0 N–H and O–H groups in total. The van der Waals surface area contributed by atoms with Gasteiger partial charge in [0, 0.05) is 31.7 Å². The number of piperazine rings is 1. The van der Waals surface area contributed by atoms with Crippen molar-refractivity contribution in [2.45, 2.75) is 26.2 Å². The van der Waals surface area contributed by atoms with E-state index in [0.29, 0.717) is 37.7 Å². The van der Waals surface area contributed by atoms with Gasteiger partial charge in [-0.15, -0.1) is 0 Å². The molecular formula is C22H25FN2O2. The fourth-order valence-corrected chi connectivity index (χ4v) is 3.24. The van der Waals surface area contributed by atoms with Gasteiger partial charge in [0.05, 0.1) is 6.42 Å². The molecule has 0 aromatic heterocycles. The van der Waals surface area contributed by atoms with Crippen molar-refractivity contribution in [3.8, 4) is 0 Å². The van der Waals surface area contributed by atoms with Crippen LogP contribution in [0.1, 0.15) is 41.3 Å². The molecule has 1 saturated heterocycles. The Morgan fingerprint density at radius 2 is 1.44 bits per heavy atom. The maximum Gasteiger partial charge on any atom is 0.253 e. The van der Waals surface area contributed by atoms with E-state index in [4.69, 9.17) is 0 Å². The lowest BCUT2D eigenvalue weighted by atomic mass is 10.0. The Kier molecular flexibility index (Phi) is 5.89. The molecule has 1 aliphatic heterocycles. The summed E-state index contributed by atoms with van der Waals surface area (Å²) in [6, 6.07) is 13.8. The average molecular weight is 368 g/mol. The average Bonchev–Trinajstić information content (AvgIpc) is 2.69. The van der Waals surface area contributed by atoms with E-state index in [-0.39, 0.29) is 24.1 Å². The summed E-state index contributed by atoms with van der Waals surface area (Å²) in [6.45, 7) is 6.35. The summed E-state index contributed by atoms with van der Waals surface area (Å²) >= 11 is 0. The normalized spacial score (nSPS) is 14.5. The van der Waals surface area contributed by atoms with E-state index >= 15 is 0 Å². The number of carbonyl (C=O) groups excluding carboxylic acids is 2. The van der Waals surface area contributed by atoms with Crippen LogP contribution < -0.4 is 0 Å². The minimum atomic E-state index is -0.306. The molecule has 2 amide bonds. The first-order valence-corrected chi connectivity index (χ1v) is 9.35. The van der Waals surface area contributed by atoms with Crippen LogP contribution in [0.5, 0.6) is 0 Å². The fraction of sp³-hybridized carbons (Fsp3) is 0.364. The number of hydrogen-bond donors (Lipinski definition) is 0. The van der Waals surface area contributed by atoms with E-state index in [9.17, 15) is 14.0 Å². The van der Waals surface area contributed by atoms with Crippen molar-refractivity contribution in [2.24, 2.45) is 0 Å². The molecule has 0 aliphatic carbocycles. The van der Waals surface area contributed by atoms with E-state index in [1.165, 1.54) is 17.7 Å². The highest BCUT2D eigenvalue weighted by atomic mass is 19.1. The molecule has 142 valence electrons. The summed E-state index contributed by atoms with van der Waals surface area (Å²) in [5, 5.41) is 0. The molecule has 5 heteroatoms. The van der Waals surface area contributed by atoms with Crippen LogP contribution in [-0.2, 0) is 11.2 Å². The zero-order chi connectivity index (χ0) is 19.4. The largest absolute Gasteiger partial charge is 0.339 e. The van der Waals surface area contributed by atoms with Crippen LogP contribution >= 0.6 is 0 Å². The van der Waals surface area contributed by atoms with E-state index in [0.717, 1.165) is 5.56 Å². The van der Waals surface area contributed by atoms with Crippen molar-refractivity contribution >= 4 is 11.8 Å². The van der Waals surface area contributed by atoms with Gasteiger partial charge in [-0.05, 0) is 41.3 Å². The molecule has 2 aromatic rings. The Morgan fingerprint density at radius 1 is 0.889 bits per heavy atom. The molecule has 0 atom stereocenters. The third-order valence-corrected chi connectivity index (χ3v) is 5.01. The van der Waals surface area contributed by atoms with E-state index in [2.05, 4.69) is 13.8 Å². The molecule has 1 heterocycles. The number of halogens is 1. The third kappa shape index (κ3) is 4.73. The molecule has 0 unspecified atom stereocenters. The fourth-order valence-electron chi connectivity index (χ4n) is 3.24. The van der Waals surface area contributed by atoms with Gasteiger partial charge in [-0.25, -0.2) is 4.39 Å². The van der Waals surface area contributed by atoms with Crippen LogP contribution in [0.15, 0.2) is 48.5 Å². The van der Waals surface area contributed by atoms with Gasteiger partial charge in [0.1, 0.15) is 5.82 Å². The van der Waals surface area contributed by atoms with Crippen LogP contribution in [0.2, 0.25) is 0 Å². The number of hydrogen-bond acceptors (Lipinski definition) is 2. The molecule has 0 spiro atoms. The summed E-state index contributed by atoms with van der Waals surface area (Å²) in [4.78, 5) is 28.7. The van der Waals surface area contributed by atoms with Gasteiger partial charge in [0.2, 0.25) is 5.91 Å². The second-order valence-electron chi connectivity index (χ2n) is 7.25. The van der Waals surface area contributed by atoms with Crippen molar-refractivity contribution in [1.82, 2.24) is 9.80 Å². The van der Waals surface area contributed by atoms with Crippen LogP contribution in [0.25, 0.3) is 0 Å². The summed E-state index contributed by atoms with van der Waals surface area (Å²) in [5.41, 5.74) is 2.69. The molecule has 0 bridgehead atoms. The van der Waals surface area contributed by atoms with Crippen molar-refractivity contribution in [2.75, 3.05) is 26.2 Å². The molecular weight excluding hydrogens is 343 g/mol. The Balaban J connectivity index is 1.54. The second-order valence-corrected chi connectivity index (χ2v) is 7.25. The monoisotopic (exact) mass is 368 g/mol. The van der Waals surface area contributed by atoms with Crippen molar-refractivity contribution in [3.63, 3.8) is 0 Å². The highest BCUT2D eigenvalue weighted by molar-refractivity contribution is 5.94. The lowest BCUT2D eigenvalue weighted by Gasteiger charge is -2.35. The van der Waals surface area contributed by atoms with Gasteiger partial charge >= 0.3 is 0 Å². The van der Waals surface area contributed by atoms with E-state index in [1.54, 1.807) is 21.9 Å². The summed E-state index contributed by atoms with van der Waals surface area (Å²) in [5.74, 6) is 0.149. The first-order valence-electron chi connectivity index (χ1n) is 9.35. The highest BCUT2D eigenvalue weighted by Crippen LogP contribution is 2.16. The van der Waals surface area contributed by atoms with Gasteiger partial charge in [-0.2, -0.15) is 0 Å². The first kappa shape index (κ1) is 19.1. The zero-order valence-electron chi connectivity index (χ0n) is 15.8. The molecule has 2 aromatic carbocycles. The Hall–Kier alpha value is -2.69. The van der Waals surface area contributed by atoms with E-state index in [1.807, 2.05) is 24.3 Å². The maximum absolute atomic E-state index is 13.0. The van der Waals surface area contributed by atoms with Crippen LogP contribution in [0, 0.1) is 5.82 Å². The van der Waals surface area contributed by atoms with Gasteiger partial charge in [-0.3, -0.25) is 9.59 Å². The molecule has 3 rings (SSSR count). The highest BCUT2D eigenvalue weighted by Gasteiger charge is 2.24. The van der Waals surface area contributed by atoms with Crippen LogP contribution in [0.4, 0.5) is 4.39 Å². The Morgan fingerprint density at radius 3 is 2.00 bits per heavy atom. The zero-order valence-corrected chi connectivity index (χ0v) is 15.8. The first-order chi connectivity index (χ1) is 12.9. The second kappa shape index (κ2) is 8.33. The SMILES string of the molecule is CC(C)c1ccc(C(=O)N2CCN(C(=O)Cc3ccc(F)cc3)CC2)cc1. The van der Waals surface area contributed by atoms with Crippen molar-refractivity contribution in [3.05, 3.63) is 71.0 Å². The van der Waals surface area contributed by atoms with E-state index < -0.39 is 0 Å². The molecule has 4 nitrogen and oxygen atoms in total. The van der Waals surface area contributed by atoms with Gasteiger partial charge in [0.15, 0.2) is 0 Å². The van der Waals surface area contributed by atoms with Gasteiger partial charge < -0.3 is 9.80 Å². The minimum absolute atomic E-state index is 0.00925. The molecule has 27 heavy (non-hydrogen) atoms. The summed E-state index contributed by atoms with van der Waals surface area (Å²) in [7, 11) is 0. The smallest absolute Gasteiger partial charge is 0.253 e. The molecule has 0 radical (unpaired) electrons. The lowest BCUT2D eigenvalue weighted by molar-refractivity contribution is -0.131. The summed E-state index contributed by atoms with van der Waals surface area (Å²) < 4.78 is 13.0. The lowest BCUT2D eigenvalue weighted by Crippen LogP contribution is -2.51. The minimum Gasteiger partial charge on any atom is -0.339 e. The topological polar surface area (TPSA) is 40.6 Å². The molecule has 0 saturated carbocycles. The number of rotatable bonds is 4. The van der Waals surface area contributed by atoms with Crippen molar-refractivity contribution < 1.29 is 14.0 Å². The quantitative estimate of drug-likeness (QED) is 0.829. The Labute approximate surface area is 159 Å². The standard InChI is InChI=1S/C22H25FN2O2/c1-16(2)18-5-7-19(8-6-18)22(27)25-13-11-24(12-14-25)21(26)15-17-3-9-20(23)10-4-17/h3-10,16H,11-15H2,1-2H3. The number of nitrogens with zero attached hydrogens (tertiary/aromatic N) is 2. The maximum atomic E-state index is 13.0. The third-order valence-electron chi connectivity index (χ3n) is 5.01. The van der Waals surface area contributed by atoms with Crippen molar-refractivity contribution in [1.29, 1.82) is 0 Å². The predicted octanol–water partition coefficient (Wildman–Crippen LogP) is 3.48. The van der Waals surface area contributed by atoms with Gasteiger partial charge in [0.25, 0.3) is 5.91 Å². The Bertz CT molecular complexity index is 792.